The summed E-state index contributed by atoms with van der Waals surface area (Å²) in [4.78, 5) is 12.3. The van der Waals surface area contributed by atoms with Crippen LogP contribution < -0.4 is 5.32 Å². The lowest BCUT2D eigenvalue weighted by Gasteiger charge is -2.18. The van der Waals surface area contributed by atoms with Crippen LogP contribution in [-0.4, -0.2) is 43.9 Å². The van der Waals surface area contributed by atoms with Gasteiger partial charge in [-0.15, -0.1) is 0 Å². The SMILES string of the molecule is C[C@H](O)[C@@H](CO)Nc1ncc2ccc(-c3ccncc3F)cc2n1. The van der Waals surface area contributed by atoms with E-state index < -0.39 is 18.0 Å². The Bertz CT molecular complexity index is 857. The highest BCUT2D eigenvalue weighted by atomic mass is 19.1. The molecule has 0 aliphatic rings. The molecule has 2 heterocycles. The molecule has 124 valence electrons. The summed E-state index contributed by atoms with van der Waals surface area (Å²) in [5, 5.41) is 22.5. The predicted molar refractivity (Wildman–Crippen MR) is 88.9 cm³/mol. The molecule has 0 bridgehead atoms. The van der Waals surface area contributed by atoms with Crippen molar-refractivity contribution in [1.29, 1.82) is 0 Å². The van der Waals surface area contributed by atoms with Crippen LogP contribution in [0.1, 0.15) is 6.92 Å². The zero-order valence-electron chi connectivity index (χ0n) is 13.0. The van der Waals surface area contributed by atoms with Gasteiger partial charge in [0.05, 0.1) is 30.5 Å². The number of nitrogens with zero attached hydrogens (tertiary/aromatic N) is 3. The van der Waals surface area contributed by atoms with E-state index in [-0.39, 0.29) is 12.6 Å². The van der Waals surface area contributed by atoms with Gasteiger partial charge in [0.2, 0.25) is 5.95 Å². The number of aliphatic hydroxyl groups excluding tert-OH is 2. The van der Waals surface area contributed by atoms with E-state index in [1.165, 1.54) is 12.4 Å². The van der Waals surface area contributed by atoms with Crippen molar-refractivity contribution in [2.24, 2.45) is 0 Å². The van der Waals surface area contributed by atoms with Crippen molar-refractivity contribution in [2.75, 3.05) is 11.9 Å². The fraction of sp³-hybridized carbons (Fsp3) is 0.235. The molecule has 0 unspecified atom stereocenters. The summed E-state index contributed by atoms with van der Waals surface area (Å²) in [5.41, 5.74) is 1.75. The highest BCUT2D eigenvalue weighted by Crippen LogP contribution is 2.25. The van der Waals surface area contributed by atoms with Gasteiger partial charge in [-0.25, -0.2) is 14.4 Å². The zero-order chi connectivity index (χ0) is 17.1. The molecule has 1 aromatic carbocycles. The molecule has 6 nitrogen and oxygen atoms in total. The molecule has 3 N–H and O–H groups in total. The second-order valence-corrected chi connectivity index (χ2v) is 5.50. The summed E-state index contributed by atoms with van der Waals surface area (Å²) in [6.07, 6.45) is 3.57. The third-order valence-corrected chi connectivity index (χ3v) is 3.76. The van der Waals surface area contributed by atoms with Crippen LogP contribution in [0.2, 0.25) is 0 Å². The number of halogens is 1. The summed E-state index contributed by atoms with van der Waals surface area (Å²) in [5.74, 6) is -0.117. The maximum absolute atomic E-state index is 13.9. The Morgan fingerprint density at radius 2 is 2.08 bits per heavy atom. The molecule has 3 aromatic rings. The molecule has 0 saturated carbocycles. The molecule has 7 heteroatoms. The van der Waals surface area contributed by atoms with Crippen LogP contribution >= 0.6 is 0 Å². The smallest absolute Gasteiger partial charge is 0.223 e. The number of nitrogens with one attached hydrogen (secondary N) is 1. The van der Waals surface area contributed by atoms with Crippen molar-refractivity contribution in [2.45, 2.75) is 19.1 Å². The second kappa shape index (κ2) is 6.86. The highest BCUT2D eigenvalue weighted by molar-refractivity contribution is 5.84. The minimum atomic E-state index is -0.758. The normalized spacial score (nSPS) is 13.7. The fourth-order valence-electron chi connectivity index (χ4n) is 2.35. The van der Waals surface area contributed by atoms with Gasteiger partial charge in [0.15, 0.2) is 0 Å². The fourth-order valence-corrected chi connectivity index (χ4v) is 2.35. The average Bonchev–Trinajstić information content (AvgIpc) is 2.59. The van der Waals surface area contributed by atoms with E-state index in [4.69, 9.17) is 0 Å². The Balaban J connectivity index is 1.98. The Labute approximate surface area is 138 Å². The van der Waals surface area contributed by atoms with Gasteiger partial charge >= 0.3 is 0 Å². The van der Waals surface area contributed by atoms with E-state index in [1.54, 1.807) is 31.3 Å². The quantitative estimate of drug-likeness (QED) is 0.663. The Morgan fingerprint density at radius 3 is 2.79 bits per heavy atom. The van der Waals surface area contributed by atoms with Crippen LogP contribution in [0.25, 0.3) is 22.0 Å². The van der Waals surface area contributed by atoms with Crippen molar-refractivity contribution < 1.29 is 14.6 Å². The van der Waals surface area contributed by atoms with Gasteiger partial charge < -0.3 is 15.5 Å². The maximum Gasteiger partial charge on any atom is 0.223 e. The van der Waals surface area contributed by atoms with Crippen molar-refractivity contribution in [1.82, 2.24) is 15.0 Å². The van der Waals surface area contributed by atoms with Gasteiger partial charge in [0.25, 0.3) is 0 Å². The Kier molecular flexibility index (Phi) is 4.64. The summed E-state index contributed by atoms with van der Waals surface area (Å²) in [7, 11) is 0. The first-order chi connectivity index (χ1) is 11.6. The minimum Gasteiger partial charge on any atom is -0.394 e. The summed E-state index contributed by atoms with van der Waals surface area (Å²) in [6.45, 7) is 1.32. The number of aliphatic hydroxyl groups is 2. The first-order valence-electron chi connectivity index (χ1n) is 7.50. The Morgan fingerprint density at radius 1 is 1.25 bits per heavy atom. The molecule has 0 spiro atoms. The average molecular weight is 328 g/mol. The predicted octanol–water partition coefficient (Wildman–Crippen LogP) is 1.98. The number of pyridine rings is 1. The number of fused-ring (bicyclic) bond motifs is 1. The number of aromatic nitrogens is 3. The van der Waals surface area contributed by atoms with Crippen LogP contribution in [-0.2, 0) is 0 Å². The summed E-state index contributed by atoms with van der Waals surface area (Å²) >= 11 is 0. The molecule has 0 aliphatic carbocycles. The number of hydrogen-bond donors (Lipinski definition) is 3. The first-order valence-corrected chi connectivity index (χ1v) is 7.50. The van der Waals surface area contributed by atoms with Gasteiger partial charge in [-0.05, 0) is 24.6 Å². The molecule has 3 rings (SSSR count). The number of rotatable bonds is 5. The molecular weight excluding hydrogens is 311 g/mol. The monoisotopic (exact) mass is 328 g/mol. The van der Waals surface area contributed by atoms with Crippen molar-refractivity contribution in [3.05, 3.63) is 48.7 Å². The van der Waals surface area contributed by atoms with E-state index in [2.05, 4.69) is 20.3 Å². The lowest BCUT2D eigenvalue weighted by atomic mass is 10.1. The van der Waals surface area contributed by atoms with E-state index in [9.17, 15) is 14.6 Å². The molecule has 0 amide bonds. The Hall–Kier alpha value is -2.64. The topological polar surface area (TPSA) is 91.2 Å². The minimum absolute atomic E-state index is 0.249. The summed E-state index contributed by atoms with van der Waals surface area (Å²) in [6, 6.07) is 6.40. The molecule has 0 radical (unpaired) electrons. The number of benzene rings is 1. The van der Waals surface area contributed by atoms with Crippen LogP contribution in [0.15, 0.2) is 42.9 Å². The number of anilines is 1. The van der Waals surface area contributed by atoms with E-state index in [1.807, 2.05) is 6.07 Å². The zero-order valence-corrected chi connectivity index (χ0v) is 13.0. The number of hydrogen-bond acceptors (Lipinski definition) is 6. The second-order valence-electron chi connectivity index (χ2n) is 5.50. The van der Waals surface area contributed by atoms with Crippen molar-refractivity contribution in [3.63, 3.8) is 0 Å². The third kappa shape index (κ3) is 3.32. The molecule has 2 atom stereocenters. The lowest BCUT2D eigenvalue weighted by Crippen LogP contribution is -2.35. The van der Waals surface area contributed by atoms with Crippen LogP contribution in [0, 0.1) is 5.82 Å². The van der Waals surface area contributed by atoms with Gasteiger partial charge in [-0.3, -0.25) is 4.98 Å². The van der Waals surface area contributed by atoms with Crippen LogP contribution in [0.5, 0.6) is 0 Å². The molecule has 0 aliphatic heterocycles. The van der Waals surface area contributed by atoms with Crippen molar-refractivity contribution in [3.8, 4) is 11.1 Å². The molecule has 2 aromatic heterocycles. The van der Waals surface area contributed by atoms with E-state index >= 15 is 0 Å². The standard InChI is InChI=1S/C17H17FN4O2/c1-10(24)16(9-23)22-17-20-7-12-3-2-11(6-15(12)21-17)13-4-5-19-8-14(13)18/h2-8,10,16,23-24H,9H2,1H3,(H,20,21,22)/t10-,16+/m0/s1. The largest absolute Gasteiger partial charge is 0.394 e. The first kappa shape index (κ1) is 16.2. The lowest BCUT2D eigenvalue weighted by molar-refractivity contribution is 0.132. The van der Waals surface area contributed by atoms with Gasteiger partial charge in [-0.1, -0.05) is 12.1 Å². The molecule has 0 saturated heterocycles. The molecular formula is C17H17FN4O2. The van der Waals surface area contributed by atoms with Gasteiger partial charge in [-0.2, -0.15) is 0 Å². The van der Waals surface area contributed by atoms with E-state index in [0.717, 1.165) is 5.39 Å². The van der Waals surface area contributed by atoms with Crippen LogP contribution in [0.4, 0.5) is 10.3 Å². The maximum atomic E-state index is 13.9. The van der Waals surface area contributed by atoms with Gasteiger partial charge in [0.1, 0.15) is 5.82 Å². The summed E-state index contributed by atoms with van der Waals surface area (Å²) < 4.78 is 13.9. The van der Waals surface area contributed by atoms with E-state index in [0.29, 0.717) is 16.6 Å². The highest BCUT2D eigenvalue weighted by Gasteiger charge is 2.15. The van der Waals surface area contributed by atoms with Crippen LogP contribution in [0.3, 0.4) is 0 Å². The third-order valence-electron chi connectivity index (χ3n) is 3.76. The van der Waals surface area contributed by atoms with Crippen molar-refractivity contribution >= 4 is 16.9 Å². The molecule has 0 fully saturated rings. The molecule has 24 heavy (non-hydrogen) atoms. The van der Waals surface area contributed by atoms with Gasteiger partial charge in [0, 0.05) is 23.3 Å².